The van der Waals surface area contributed by atoms with Crippen LogP contribution in [-0.2, 0) is 4.79 Å². The molecule has 6 nitrogen and oxygen atoms in total. The quantitative estimate of drug-likeness (QED) is 0.854. The molecule has 0 fully saturated rings. The molecule has 2 N–H and O–H groups in total. The molecule has 0 saturated carbocycles. The first-order valence-electron chi connectivity index (χ1n) is 6.70. The fourth-order valence-corrected chi connectivity index (χ4v) is 1.83. The normalized spacial score (nSPS) is 13.2. The van der Waals surface area contributed by atoms with E-state index in [1.807, 2.05) is 6.07 Å². The van der Waals surface area contributed by atoms with Gasteiger partial charge in [0.05, 0.1) is 11.8 Å². The number of rotatable bonds is 6. The van der Waals surface area contributed by atoms with E-state index in [0.29, 0.717) is 17.1 Å². The summed E-state index contributed by atoms with van der Waals surface area (Å²) in [6.07, 6.45) is 1.38. The lowest BCUT2D eigenvalue weighted by molar-refractivity contribution is -0.145. The number of hydrogen-bond donors (Lipinski definition) is 2. The van der Waals surface area contributed by atoms with Gasteiger partial charge in [-0.25, -0.2) is 4.79 Å². The van der Waals surface area contributed by atoms with Crippen LogP contribution in [0.1, 0.15) is 23.0 Å². The van der Waals surface area contributed by atoms with Gasteiger partial charge in [0, 0.05) is 0 Å². The van der Waals surface area contributed by atoms with Crippen LogP contribution in [0.2, 0.25) is 0 Å². The van der Waals surface area contributed by atoms with Crippen molar-refractivity contribution in [2.75, 3.05) is 6.61 Å². The molecule has 22 heavy (non-hydrogen) atoms. The minimum atomic E-state index is -1.56. The Morgan fingerprint density at radius 3 is 2.50 bits per heavy atom. The summed E-state index contributed by atoms with van der Waals surface area (Å²) in [6.45, 7) is 2.83. The van der Waals surface area contributed by atoms with Gasteiger partial charge in [-0.05, 0) is 32.0 Å². The summed E-state index contributed by atoms with van der Waals surface area (Å²) in [7, 11) is 0. The minimum Gasteiger partial charge on any atom is -0.491 e. The van der Waals surface area contributed by atoms with Crippen LogP contribution >= 0.6 is 0 Å². The number of carbonyl (C=O) groups excluding carboxylic acids is 1. The largest absolute Gasteiger partial charge is 0.491 e. The molecule has 0 aliphatic heterocycles. The number of aryl methyl sites for hydroxylation is 1. The second-order valence-corrected chi connectivity index (χ2v) is 5.08. The highest BCUT2D eigenvalue weighted by Gasteiger charge is 2.36. The maximum absolute atomic E-state index is 12.2. The smallest absolute Gasteiger partial charge is 0.332 e. The molecule has 1 aromatic heterocycles. The lowest BCUT2D eigenvalue weighted by atomic mass is 10.0. The van der Waals surface area contributed by atoms with E-state index in [9.17, 15) is 14.7 Å². The maximum Gasteiger partial charge on any atom is 0.332 e. The average Bonchev–Trinajstić information content (AvgIpc) is 2.92. The van der Waals surface area contributed by atoms with Crippen LogP contribution in [0.4, 0.5) is 0 Å². The Labute approximate surface area is 127 Å². The van der Waals surface area contributed by atoms with Crippen LogP contribution < -0.4 is 10.1 Å². The number of carbonyl (C=O) groups is 2. The molecule has 1 atom stereocenters. The zero-order chi connectivity index (χ0) is 16.2. The van der Waals surface area contributed by atoms with Crippen LogP contribution in [-0.4, -0.2) is 29.1 Å². The van der Waals surface area contributed by atoms with Gasteiger partial charge in [0.2, 0.25) is 0 Å². The number of carboxylic acids is 1. The Hall–Kier alpha value is -2.76. The van der Waals surface area contributed by atoms with Crippen molar-refractivity contribution < 1.29 is 23.8 Å². The molecule has 0 saturated heterocycles. The number of ether oxygens (including phenoxy) is 1. The Balaban J connectivity index is 2.09. The molecular weight excluding hydrogens is 286 g/mol. The average molecular weight is 303 g/mol. The van der Waals surface area contributed by atoms with E-state index in [-0.39, 0.29) is 6.61 Å². The lowest BCUT2D eigenvalue weighted by Gasteiger charge is -2.26. The van der Waals surface area contributed by atoms with Crippen LogP contribution in [0.5, 0.6) is 5.75 Å². The van der Waals surface area contributed by atoms with Crippen molar-refractivity contribution in [3.63, 3.8) is 0 Å². The zero-order valence-electron chi connectivity index (χ0n) is 12.3. The van der Waals surface area contributed by atoms with Gasteiger partial charge in [-0.15, -0.1) is 0 Å². The predicted molar refractivity (Wildman–Crippen MR) is 78.9 cm³/mol. The van der Waals surface area contributed by atoms with Gasteiger partial charge in [-0.2, -0.15) is 0 Å². The number of benzene rings is 1. The van der Waals surface area contributed by atoms with Crippen LogP contribution in [0.25, 0.3) is 0 Å². The van der Waals surface area contributed by atoms with Gasteiger partial charge in [0.15, 0.2) is 5.54 Å². The topological polar surface area (TPSA) is 88.8 Å². The number of carboxylic acid groups (broad SMARTS) is 1. The highest BCUT2D eigenvalue weighted by atomic mass is 16.5. The number of amides is 1. The molecule has 0 unspecified atom stereocenters. The van der Waals surface area contributed by atoms with Crippen molar-refractivity contribution in [3.05, 3.63) is 54.0 Å². The van der Waals surface area contributed by atoms with Gasteiger partial charge in [-0.1, -0.05) is 18.2 Å². The standard InChI is InChI=1S/C16H17NO5/c1-11-13(8-9-21-11)14(18)17-16(2,15(19)20)10-22-12-6-4-3-5-7-12/h3-9H,10H2,1-2H3,(H,17,18)(H,19,20)/t16-/m1/s1. The number of aliphatic carboxylic acids is 1. The maximum atomic E-state index is 12.2. The van der Waals surface area contributed by atoms with Crippen molar-refractivity contribution in [1.29, 1.82) is 0 Å². The van der Waals surface area contributed by atoms with E-state index in [1.165, 1.54) is 19.3 Å². The molecule has 0 aliphatic rings. The van der Waals surface area contributed by atoms with Crippen molar-refractivity contribution in [2.24, 2.45) is 0 Å². The lowest BCUT2D eigenvalue weighted by Crippen LogP contribution is -2.56. The van der Waals surface area contributed by atoms with Crippen molar-refractivity contribution in [2.45, 2.75) is 19.4 Å². The molecule has 0 bridgehead atoms. The predicted octanol–water partition coefficient (Wildman–Crippen LogP) is 2.24. The Morgan fingerprint density at radius 2 is 1.95 bits per heavy atom. The summed E-state index contributed by atoms with van der Waals surface area (Å²) in [4.78, 5) is 23.7. The SMILES string of the molecule is Cc1occc1C(=O)N[C@](C)(COc1ccccc1)C(=O)O. The van der Waals surface area contributed by atoms with Crippen LogP contribution in [0.3, 0.4) is 0 Å². The first kappa shape index (κ1) is 15.6. The van der Waals surface area contributed by atoms with E-state index < -0.39 is 17.4 Å². The third-order valence-electron chi connectivity index (χ3n) is 3.24. The molecule has 6 heteroatoms. The summed E-state index contributed by atoms with van der Waals surface area (Å²) in [6, 6.07) is 10.3. The van der Waals surface area contributed by atoms with E-state index in [4.69, 9.17) is 9.15 Å². The van der Waals surface area contributed by atoms with Crippen molar-refractivity contribution in [1.82, 2.24) is 5.32 Å². The van der Waals surface area contributed by atoms with Gasteiger partial charge in [0.1, 0.15) is 18.1 Å². The third kappa shape index (κ3) is 3.46. The van der Waals surface area contributed by atoms with E-state index in [1.54, 1.807) is 31.2 Å². The monoisotopic (exact) mass is 303 g/mol. The number of hydrogen-bond acceptors (Lipinski definition) is 4. The van der Waals surface area contributed by atoms with Crippen molar-refractivity contribution >= 4 is 11.9 Å². The Morgan fingerprint density at radius 1 is 1.27 bits per heavy atom. The summed E-state index contributed by atoms with van der Waals surface area (Å²) in [5.41, 5.74) is -1.26. The van der Waals surface area contributed by atoms with Gasteiger partial charge < -0.3 is 19.6 Å². The molecule has 0 radical (unpaired) electrons. The summed E-state index contributed by atoms with van der Waals surface area (Å²) in [5, 5.41) is 11.9. The van der Waals surface area contributed by atoms with Crippen molar-refractivity contribution in [3.8, 4) is 5.75 Å². The molecule has 1 aromatic carbocycles. The molecule has 0 aliphatic carbocycles. The molecule has 2 rings (SSSR count). The highest BCUT2D eigenvalue weighted by Crippen LogP contribution is 2.15. The van der Waals surface area contributed by atoms with Gasteiger partial charge >= 0.3 is 5.97 Å². The van der Waals surface area contributed by atoms with Crippen LogP contribution in [0, 0.1) is 6.92 Å². The molecule has 116 valence electrons. The summed E-state index contributed by atoms with van der Waals surface area (Å²) in [5.74, 6) is -0.747. The first-order chi connectivity index (χ1) is 10.4. The zero-order valence-corrected chi connectivity index (χ0v) is 12.3. The van der Waals surface area contributed by atoms with Gasteiger partial charge in [0.25, 0.3) is 5.91 Å². The van der Waals surface area contributed by atoms with E-state index >= 15 is 0 Å². The first-order valence-corrected chi connectivity index (χ1v) is 6.70. The molecule has 2 aromatic rings. The second kappa shape index (κ2) is 6.34. The summed E-state index contributed by atoms with van der Waals surface area (Å²) < 4.78 is 10.5. The number of furan rings is 1. The third-order valence-corrected chi connectivity index (χ3v) is 3.24. The molecule has 1 heterocycles. The second-order valence-electron chi connectivity index (χ2n) is 5.08. The molecule has 0 spiro atoms. The highest BCUT2D eigenvalue weighted by molar-refractivity contribution is 5.98. The Kier molecular flexibility index (Phi) is 4.50. The van der Waals surface area contributed by atoms with E-state index in [2.05, 4.69) is 5.32 Å². The minimum absolute atomic E-state index is 0.199. The van der Waals surface area contributed by atoms with Crippen LogP contribution in [0.15, 0.2) is 47.1 Å². The Bertz CT molecular complexity index is 664. The molecule has 1 amide bonds. The fraction of sp³-hybridized carbons (Fsp3) is 0.250. The molecular formula is C16H17NO5. The van der Waals surface area contributed by atoms with E-state index in [0.717, 1.165) is 0 Å². The summed E-state index contributed by atoms with van der Waals surface area (Å²) >= 11 is 0. The fourth-order valence-electron chi connectivity index (χ4n) is 1.83. The number of nitrogens with one attached hydrogen (secondary N) is 1. The van der Waals surface area contributed by atoms with Gasteiger partial charge in [-0.3, -0.25) is 4.79 Å². The number of para-hydroxylation sites is 1.